The molecule has 31 heavy (non-hydrogen) atoms. The predicted octanol–water partition coefficient (Wildman–Crippen LogP) is 2.16. The van der Waals surface area contributed by atoms with Crippen LogP contribution in [0.2, 0.25) is 0 Å². The van der Waals surface area contributed by atoms with E-state index in [1.54, 1.807) is 7.11 Å². The number of hydrogen-bond donors (Lipinski definition) is 0. The molecule has 9 nitrogen and oxygen atoms in total. The van der Waals surface area contributed by atoms with Gasteiger partial charge in [-0.15, -0.1) is 5.10 Å². The van der Waals surface area contributed by atoms with Gasteiger partial charge in [-0.1, -0.05) is 5.21 Å². The summed E-state index contributed by atoms with van der Waals surface area (Å²) in [7, 11) is 1.65. The van der Waals surface area contributed by atoms with Gasteiger partial charge in [-0.25, -0.2) is 0 Å². The Morgan fingerprint density at radius 2 is 2.06 bits per heavy atom. The van der Waals surface area contributed by atoms with Gasteiger partial charge in [0.1, 0.15) is 0 Å². The first-order chi connectivity index (χ1) is 15.2. The van der Waals surface area contributed by atoms with E-state index in [-0.39, 0.29) is 12.7 Å². The molecule has 0 N–H and O–H groups in total. The second-order valence-corrected chi connectivity index (χ2v) is 8.60. The van der Waals surface area contributed by atoms with Crippen molar-refractivity contribution in [2.75, 3.05) is 40.1 Å². The molecule has 9 heteroatoms. The highest BCUT2D eigenvalue weighted by Crippen LogP contribution is 2.42. The van der Waals surface area contributed by atoms with Crippen LogP contribution in [0.1, 0.15) is 41.7 Å². The monoisotopic (exact) mass is 427 g/mol. The Morgan fingerprint density at radius 3 is 2.90 bits per heavy atom. The van der Waals surface area contributed by atoms with E-state index in [0.717, 1.165) is 82.0 Å². The van der Waals surface area contributed by atoms with E-state index in [1.807, 2.05) is 27.9 Å². The molecule has 1 unspecified atom stereocenters. The molecule has 1 aromatic heterocycles. The zero-order valence-electron chi connectivity index (χ0n) is 18.0. The maximum absolute atomic E-state index is 12.5. The number of hydrogen-bond acceptors (Lipinski definition) is 7. The summed E-state index contributed by atoms with van der Waals surface area (Å²) in [6.45, 7) is 5.54. The maximum atomic E-state index is 12.5. The summed E-state index contributed by atoms with van der Waals surface area (Å²) in [5.74, 6) is 2.64. The Kier molecular flexibility index (Phi) is 5.67. The van der Waals surface area contributed by atoms with E-state index in [2.05, 4.69) is 15.2 Å². The van der Waals surface area contributed by atoms with Crippen LogP contribution in [0.5, 0.6) is 17.2 Å². The summed E-state index contributed by atoms with van der Waals surface area (Å²) in [5, 5.41) is 8.36. The number of benzene rings is 1. The van der Waals surface area contributed by atoms with Gasteiger partial charge in [-0.2, -0.15) is 0 Å². The third-order valence-corrected chi connectivity index (χ3v) is 6.32. The third kappa shape index (κ3) is 4.32. The number of nitrogens with zero attached hydrogens (tertiary/aromatic N) is 5. The smallest absolute Gasteiger partial charge is 0.276 e. The molecule has 3 aliphatic heterocycles. The second-order valence-electron chi connectivity index (χ2n) is 8.60. The zero-order valence-corrected chi connectivity index (χ0v) is 18.0. The molecule has 0 aliphatic carbocycles. The molecule has 1 amide bonds. The lowest BCUT2D eigenvalue weighted by atomic mass is 9.97. The third-order valence-electron chi connectivity index (χ3n) is 6.32. The fourth-order valence-electron chi connectivity index (χ4n) is 4.81. The second kappa shape index (κ2) is 8.74. The predicted molar refractivity (Wildman–Crippen MR) is 112 cm³/mol. The fraction of sp³-hybridized carbons (Fsp3) is 0.591. The molecule has 166 valence electrons. The van der Waals surface area contributed by atoms with Crippen LogP contribution in [0.25, 0.3) is 0 Å². The minimum Gasteiger partial charge on any atom is -0.493 e. The standard InChI is InChI=1S/C22H29N5O4/c1-29-19-9-17(10-20-21(19)31-15-30-20)12-25-6-4-5-16(11-25)13-27-14-18(23-24-27)22(28)26-7-2-3-8-26/h9-10,14,16H,2-8,11-13,15H2,1H3. The van der Waals surface area contributed by atoms with Crippen LogP contribution >= 0.6 is 0 Å². The van der Waals surface area contributed by atoms with Gasteiger partial charge in [-0.05, 0) is 55.8 Å². The summed E-state index contributed by atoms with van der Waals surface area (Å²) in [6, 6.07) is 4.08. The van der Waals surface area contributed by atoms with Crippen molar-refractivity contribution in [3.05, 3.63) is 29.6 Å². The SMILES string of the molecule is COc1cc(CN2CCCC(Cn3cc(C(=O)N4CCCC4)nn3)C2)cc2c1OCO2. The fourth-order valence-corrected chi connectivity index (χ4v) is 4.81. The van der Waals surface area contributed by atoms with Crippen LogP contribution in [0, 0.1) is 5.92 Å². The number of likely N-dealkylation sites (tertiary alicyclic amines) is 2. The van der Waals surface area contributed by atoms with Crippen LogP contribution in [0.15, 0.2) is 18.3 Å². The number of methoxy groups -OCH3 is 1. The summed E-state index contributed by atoms with van der Waals surface area (Å²) in [6.07, 6.45) is 6.25. The lowest BCUT2D eigenvalue weighted by molar-refractivity contribution is 0.0787. The van der Waals surface area contributed by atoms with Crippen LogP contribution < -0.4 is 14.2 Å². The normalized spacial score (nSPS) is 20.9. The highest BCUT2D eigenvalue weighted by atomic mass is 16.7. The van der Waals surface area contributed by atoms with Crippen molar-refractivity contribution < 1.29 is 19.0 Å². The molecule has 1 atom stereocenters. The van der Waals surface area contributed by atoms with Crippen LogP contribution in [0.3, 0.4) is 0 Å². The van der Waals surface area contributed by atoms with Gasteiger partial charge < -0.3 is 19.1 Å². The van der Waals surface area contributed by atoms with E-state index < -0.39 is 0 Å². The van der Waals surface area contributed by atoms with E-state index in [9.17, 15) is 4.79 Å². The van der Waals surface area contributed by atoms with Crippen molar-refractivity contribution >= 4 is 5.91 Å². The van der Waals surface area contributed by atoms with Gasteiger partial charge in [0.25, 0.3) is 5.91 Å². The molecular weight excluding hydrogens is 398 g/mol. The van der Waals surface area contributed by atoms with E-state index in [1.165, 1.54) is 0 Å². The number of carbonyl (C=O) groups is 1. The first-order valence-corrected chi connectivity index (χ1v) is 11.1. The van der Waals surface area contributed by atoms with Gasteiger partial charge in [0, 0.05) is 32.7 Å². The number of aromatic nitrogens is 3. The minimum atomic E-state index is 0.00535. The van der Waals surface area contributed by atoms with Gasteiger partial charge in [0.15, 0.2) is 17.2 Å². The highest BCUT2D eigenvalue weighted by Gasteiger charge is 2.25. The number of fused-ring (bicyclic) bond motifs is 1. The Bertz CT molecular complexity index is 940. The van der Waals surface area contributed by atoms with Gasteiger partial charge in [0.05, 0.1) is 13.3 Å². The summed E-state index contributed by atoms with van der Waals surface area (Å²) in [5.41, 5.74) is 1.61. The average Bonchev–Trinajstić information content (AvgIpc) is 3.54. The zero-order chi connectivity index (χ0) is 21.2. The largest absolute Gasteiger partial charge is 0.493 e. The first-order valence-electron chi connectivity index (χ1n) is 11.1. The van der Waals surface area contributed by atoms with Crippen LogP contribution in [-0.4, -0.2) is 70.8 Å². The summed E-state index contributed by atoms with van der Waals surface area (Å²) in [4.78, 5) is 16.8. The van der Waals surface area contributed by atoms with E-state index in [0.29, 0.717) is 17.4 Å². The van der Waals surface area contributed by atoms with Crippen molar-refractivity contribution in [1.82, 2.24) is 24.8 Å². The Labute approximate surface area is 181 Å². The van der Waals surface area contributed by atoms with Gasteiger partial charge in [-0.3, -0.25) is 14.4 Å². The number of amides is 1. The van der Waals surface area contributed by atoms with Gasteiger partial charge >= 0.3 is 0 Å². The van der Waals surface area contributed by atoms with Crippen molar-refractivity contribution in [1.29, 1.82) is 0 Å². The van der Waals surface area contributed by atoms with Crippen molar-refractivity contribution in [2.45, 2.75) is 38.8 Å². The molecule has 4 heterocycles. The molecule has 2 aromatic rings. The lowest BCUT2D eigenvalue weighted by Crippen LogP contribution is -2.36. The van der Waals surface area contributed by atoms with Crippen molar-refractivity contribution in [3.63, 3.8) is 0 Å². The number of rotatable bonds is 6. The molecule has 2 saturated heterocycles. The van der Waals surface area contributed by atoms with Crippen LogP contribution in [0.4, 0.5) is 0 Å². The quantitative estimate of drug-likeness (QED) is 0.699. The van der Waals surface area contributed by atoms with Crippen LogP contribution in [-0.2, 0) is 13.1 Å². The number of piperidine rings is 1. The van der Waals surface area contributed by atoms with Gasteiger partial charge in [0.2, 0.25) is 12.5 Å². The van der Waals surface area contributed by atoms with E-state index in [4.69, 9.17) is 14.2 Å². The lowest BCUT2D eigenvalue weighted by Gasteiger charge is -2.32. The molecule has 0 saturated carbocycles. The number of ether oxygens (including phenoxy) is 3. The Hall–Kier alpha value is -2.81. The molecule has 0 spiro atoms. The molecule has 1 aromatic carbocycles. The Balaban J connectivity index is 1.20. The van der Waals surface area contributed by atoms with Crippen molar-refractivity contribution in [2.24, 2.45) is 5.92 Å². The molecular formula is C22H29N5O4. The summed E-state index contributed by atoms with van der Waals surface area (Å²) >= 11 is 0. The molecule has 2 fully saturated rings. The molecule has 0 bridgehead atoms. The first kappa shape index (κ1) is 20.1. The average molecular weight is 428 g/mol. The molecule has 3 aliphatic rings. The highest BCUT2D eigenvalue weighted by molar-refractivity contribution is 5.92. The summed E-state index contributed by atoms with van der Waals surface area (Å²) < 4.78 is 18.4. The van der Waals surface area contributed by atoms with E-state index >= 15 is 0 Å². The molecule has 0 radical (unpaired) electrons. The topological polar surface area (TPSA) is 82.0 Å². The van der Waals surface area contributed by atoms with Crippen molar-refractivity contribution in [3.8, 4) is 17.2 Å². The maximum Gasteiger partial charge on any atom is 0.276 e. The Morgan fingerprint density at radius 1 is 1.19 bits per heavy atom. The minimum absolute atomic E-state index is 0.00535. The molecule has 5 rings (SSSR count). The number of carbonyl (C=O) groups excluding carboxylic acids is 1.